The maximum absolute atomic E-state index is 2.49. The third kappa shape index (κ3) is 4.33. The van der Waals surface area contributed by atoms with E-state index in [0.29, 0.717) is 6.04 Å². The zero-order valence-electron chi connectivity index (χ0n) is 14.2. The number of likely N-dealkylation sites (N-methyl/N-ethyl adjacent to an activating group) is 1. The Hall–Kier alpha value is -1.86. The Morgan fingerprint density at radius 1 is 0.826 bits per heavy atom. The van der Waals surface area contributed by atoms with Crippen molar-refractivity contribution in [2.75, 3.05) is 7.05 Å². The molecule has 0 bridgehead atoms. The van der Waals surface area contributed by atoms with Gasteiger partial charge in [-0.15, -0.1) is 0 Å². The molecular weight excluding hydrogens is 278 g/mol. The van der Waals surface area contributed by atoms with Crippen LogP contribution in [0.4, 0.5) is 0 Å². The van der Waals surface area contributed by atoms with Crippen molar-refractivity contribution in [3.05, 3.63) is 83.9 Å². The van der Waals surface area contributed by atoms with Crippen LogP contribution < -0.4 is 0 Å². The van der Waals surface area contributed by atoms with Crippen LogP contribution in [0.5, 0.6) is 0 Å². The molecule has 3 rings (SSSR count). The fraction of sp³-hybridized carbons (Fsp3) is 0.364. The molecule has 120 valence electrons. The molecule has 1 nitrogen and oxygen atoms in total. The molecule has 0 saturated carbocycles. The van der Waals surface area contributed by atoms with Crippen molar-refractivity contribution in [2.24, 2.45) is 0 Å². The van der Waals surface area contributed by atoms with E-state index < -0.39 is 0 Å². The highest BCUT2D eigenvalue weighted by Gasteiger charge is 2.31. The van der Waals surface area contributed by atoms with Crippen LogP contribution in [0.25, 0.3) is 0 Å². The highest BCUT2D eigenvalue weighted by molar-refractivity contribution is 5.16. The molecule has 0 radical (unpaired) electrons. The zero-order valence-corrected chi connectivity index (χ0v) is 14.2. The second kappa shape index (κ2) is 7.61. The fourth-order valence-corrected chi connectivity index (χ4v) is 3.78. The van der Waals surface area contributed by atoms with E-state index >= 15 is 0 Å². The van der Waals surface area contributed by atoms with Gasteiger partial charge in [0.15, 0.2) is 0 Å². The maximum Gasteiger partial charge on any atom is 0.108 e. The van der Waals surface area contributed by atoms with Gasteiger partial charge in [0.25, 0.3) is 0 Å². The van der Waals surface area contributed by atoms with E-state index in [9.17, 15) is 0 Å². The third-order valence-electron chi connectivity index (χ3n) is 5.05. The number of hydrogen-bond donors (Lipinski definition) is 0. The standard InChI is InChI=1S/C22H28N/c1-23(18-20-12-6-4-7-13-20,19-21-14-8-5-9-15-21)22-16-10-2-3-11-17-22/h4-10,12-16,22H,2-3,11,17-19H2,1H3/q+1. The van der Waals surface area contributed by atoms with E-state index in [1.165, 1.54) is 36.8 Å². The highest BCUT2D eigenvalue weighted by Crippen LogP contribution is 2.27. The van der Waals surface area contributed by atoms with Crippen LogP contribution in [0.15, 0.2) is 72.8 Å². The molecule has 1 heteroatoms. The summed E-state index contributed by atoms with van der Waals surface area (Å²) in [7, 11) is 2.43. The minimum absolute atomic E-state index is 0.609. The fourth-order valence-electron chi connectivity index (χ4n) is 3.78. The van der Waals surface area contributed by atoms with Gasteiger partial charge in [-0.25, -0.2) is 0 Å². The normalized spacial score (nSPS) is 18.6. The van der Waals surface area contributed by atoms with E-state index in [1.807, 2.05) is 0 Å². The topological polar surface area (TPSA) is 0 Å². The van der Waals surface area contributed by atoms with E-state index in [2.05, 4.69) is 79.9 Å². The van der Waals surface area contributed by atoms with Gasteiger partial charge in [0.05, 0.1) is 7.05 Å². The van der Waals surface area contributed by atoms with E-state index in [1.54, 1.807) is 0 Å². The Bertz CT molecular complexity index is 573. The predicted molar refractivity (Wildman–Crippen MR) is 97.9 cm³/mol. The van der Waals surface area contributed by atoms with Gasteiger partial charge in [-0.2, -0.15) is 0 Å². The molecule has 0 heterocycles. The highest BCUT2D eigenvalue weighted by atomic mass is 15.4. The van der Waals surface area contributed by atoms with Crippen molar-refractivity contribution in [1.29, 1.82) is 0 Å². The summed E-state index contributed by atoms with van der Waals surface area (Å²) in [5.41, 5.74) is 2.87. The lowest BCUT2D eigenvalue weighted by Gasteiger charge is -2.41. The minimum atomic E-state index is 0.609. The lowest BCUT2D eigenvalue weighted by molar-refractivity contribution is -0.952. The summed E-state index contributed by atoms with van der Waals surface area (Å²) in [6.45, 7) is 2.18. The van der Waals surface area contributed by atoms with E-state index in [-0.39, 0.29) is 0 Å². The van der Waals surface area contributed by atoms with Crippen molar-refractivity contribution < 1.29 is 4.48 Å². The first-order chi connectivity index (χ1) is 11.3. The molecular formula is C22H28N+. The maximum atomic E-state index is 2.49. The largest absolute Gasteiger partial charge is 0.313 e. The first kappa shape index (κ1) is 16.0. The van der Waals surface area contributed by atoms with Crippen LogP contribution in [-0.2, 0) is 13.1 Å². The van der Waals surface area contributed by atoms with E-state index in [0.717, 1.165) is 17.6 Å². The van der Waals surface area contributed by atoms with Crippen molar-refractivity contribution in [3.8, 4) is 0 Å². The first-order valence-electron chi connectivity index (χ1n) is 8.85. The number of allylic oxidation sites excluding steroid dienone is 1. The molecule has 0 spiro atoms. The molecule has 0 fully saturated rings. The predicted octanol–water partition coefficient (Wildman–Crippen LogP) is 5.33. The second-order valence-electron chi connectivity index (χ2n) is 7.05. The Balaban J connectivity index is 1.87. The summed E-state index contributed by atoms with van der Waals surface area (Å²) >= 11 is 0. The van der Waals surface area contributed by atoms with Crippen LogP contribution in [0.1, 0.15) is 36.8 Å². The Labute approximate surface area is 140 Å². The lowest BCUT2D eigenvalue weighted by atomic mass is 10.0. The van der Waals surface area contributed by atoms with Crippen LogP contribution in [0.3, 0.4) is 0 Å². The zero-order chi connectivity index (χ0) is 16.0. The molecule has 1 aliphatic carbocycles. The third-order valence-corrected chi connectivity index (χ3v) is 5.05. The van der Waals surface area contributed by atoms with Gasteiger partial charge in [0, 0.05) is 17.5 Å². The Morgan fingerprint density at radius 2 is 1.39 bits per heavy atom. The number of benzene rings is 2. The minimum Gasteiger partial charge on any atom is -0.313 e. The monoisotopic (exact) mass is 306 g/mol. The van der Waals surface area contributed by atoms with Gasteiger partial charge in [-0.3, -0.25) is 0 Å². The van der Waals surface area contributed by atoms with Crippen molar-refractivity contribution >= 4 is 0 Å². The van der Waals surface area contributed by atoms with Gasteiger partial charge < -0.3 is 4.48 Å². The van der Waals surface area contributed by atoms with Crippen LogP contribution >= 0.6 is 0 Å². The molecule has 1 aliphatic rings. The first-order valence-corrected chi connectivity index (χ1v) is 8.85. The molecule has 0 aromatic heterocycles. The lowest BCUT2D eigenvalue weighted by Crippen LogP contribution is -2.49. The van der Waals surface area contributed by atoms with Crippen molar-refractivity contribution in [1.82, 2.24) is 0 Å². The second-order valence-corrected chi connectivity index (χ2v) is 7.05. The Morgan fingerprint density at radius 3 is 1.96 bits per heavy atom. The van der Waals surface area contributed by atoms with Gasteiger partial charge in [-0.05, 0) is 25.3 Å². The number of hydrogen-bond acceptors (Lipinski definition) is 0. The van der Waals surface area contributed by atoms with Gasteiger partial charge in [0.1, 0.15) is 19.1 Å². The Kier molecular flexibility index (Phi) is 5.30. The van der Waals surface area contributed by atoms with E-state index in [4.69, 9.17) is 0 Å². The molecule has 23 heavy (non-hydrogen) atoms. The molecule has 2 aromatic carbocycles. The summed E-state index contributed by atoms with van der Waals surface area (Å²) in [5.74, 6) is 0. The summed E-state index contributed by atoms with van der Waals surface area (Å²) in [4.78, 5) is 0. The summed E-state index contributed by atoms with van der Waals surface area (Å²) < 4.78 is 1.06. The number of rotatable bonds is 5. The average molecular weight is 306 g/mol. The molecule has 1 unspecified atom stereocenters. The van der Waals surface area contributed by atoms with Crippen LogP contribution in [-0.4, -0.2) is 17.6 Å². The quantitative estimate of drug-likeness (QED) is 0.517. The van der Waals surface area contributed by atoms with Crippen LogP contribution in [0.2, 0.25) is 0 Å². The smallest absolute Gasteiger partial charge is 0.108 e. The molecule has 0 saturated heterocycles. The number of quaternary nitrogens is 1. The molecule has 0 amide bonds. The molecule has 2 aromatic rings. The van der Waals surface area contributed by atoms with Gasteiger partial charge in [-0.1, -0.05) is 66.7 Å². The van der Waals surface area contributed by atoms with Crippen molar-refractivity contribution in [2.45, 2.75) is 44.8 Å². The molecule has 0 aliphatic heterocycles. The van der Waals surface area contributed by atoms with Crippen LogP contribution in [0, 0.1) is 0 Å². The molecule has 1 atom stereocenters. The average Bonchev–Trinajstić information content (AvgIpc) is 2.86. The van der Waals surface area contributed by atoms with Crippen molar-refractivity contribution in [3.63, 3.8) is 0 Å². The van der Waals surface area contributed by atoms with Gasteiger partial charge in [0.2, 0.25) is 0 Å². The summed E-state index contributed by atoms with van der Waals surface area (Å²) in [5, 5.41) is 0. The number of nitrogens with zero attached hydrogens (tertiary/aromatic N) is 1. The van der Waals surface area contributed by atoms with Gasteiger partial charge >= 0.3 is 0 Å². The summed E-state index contributed by atoms with van der Waals surface area (Å²) in [6.07, 6.45) is 10.1. The summed E-state index contributed by atoms with van der Waals surface area (Å²) in [6, 6.07) is 22.5. The molecule has 0 N–H and O–H groups in total. The SMILES string of the molecule is C[N+](Cc1ccccc1)(Cc1ccccc1)C1C=CCCCC1.